The van der Waals surface area contributed by atoms with Crippen molar-refractivity contribution in [2.75, 3.05) is 25.1 Å². The summed E-state index contributed by atoms with van der Waals surface area (Å²) in [6, 6.07) is -0.311. The van der Waals surface area contributed by atoms with Crippen LogP contribution in [-0.2, 0) is 4.79 Å². The van der Waals surface area contributed by atoms with Gasteiger partial charge in [-0.05, 0) is 31.8 Å². The van der Waals surface area contributed by atoms with Crippen molar-refractivity contribution in [3.05, 3.63) is 0 Å². The Morgan fingerprint density at radius 2 is 2.06 bits per heavy atom. The zero-order valence-corrected chi connectivity index (χ0v) is 12.2. The number of carbonyl (C=O) groups excluding carboxylic acids is 1. The summed E-state index contributed by atoms with van der Waals surface area (Å²) in [6.45, 7) is 5.76. The van der Waals surface area contributed by atoms with E-state index in [0.717, 1.165) is 38.1 Å². The van der Waals surface area contributed by atoms with Gasteiger partial charge in [0.1, 0.15) is 0 Å². The smallest absolute Gasteiger partial charge is 0.239 e. The molecule has 0 spiro atoms. The van der Waals surface area contributed by atoms with Crippen molar-refractivity contribution in [2.24, 2.45) is 5.73 Å². The largest absolute Gasteiger partial charge is 0.342 e. The summed E-state index contributed by atoms with van der Waals surface area (Å²) in [7, 11) is 0. The summed E-state index contributed by atoms with van der Waals surface area (Å²) in [5.41, 5.74) is 5.85. The molecule has 0 rings (SSSR count). The number of thioether (sulfide) groups is 1. The Bertz CT molecular complexity index is 181. The summed E-state index contributed by atoms with van der Waals surface area (Å²) >= 11 is 1.73. The van der Waals surface area contributed by atoms with E-state index in [-0.39, 0.29) is 24.4 Å². The number of hydrogen-bond acceptors (Lipinski definition) is 3. The first-order valence-corrected chi connectivity index (χ1v) is 7.10. The van der Waals surface area contributed by atoms with E-state index in [2.05, 4.69) is 6.92 Å². The predicted molar refractivity (Wildman–Crippen MR) is 75.4 cm³/mol. The van der Waals surface area contributed by atoms with Crippen LogP contribution in [0.15, 0.2) is 0 Å². The summed E-state index contributed by atoms with van der Waals surface area (Å²) < 4.78 is 0. The minimum absolute atomic E-state index is 0. The molecule has 98 valence electrons. The highest BCUT2D eigenvalue weighted by molar-refractivity contribution is 7.98. The SMILES string of the molecule is CCCCN(CC)C(=O)[C@@H](N)CCSC.Cl. The minimum atomic E-state index is -0.311. The molecule has 0 saturated heterocycles. The fraction of sp³-hybridized carbons (Fsp3) is 0.909. The molecule has 0 unspecified atom stereocenters. The van der Waals surface area contributed by atoms with Gasteiger partial charge in [0.2, 0.25) is 5.91 Å². The third-order valence-electron chi connectivity index (χ3n) is 2.43. The zero-order chi connectivity index (χ0) is 11.7. The molecule has 0 bridgehead atoms. The number of amides is 1. The van der Waals surface area contributed by atoms with Crippen LogP contribution in [0.4, 0.5) is 0 Å². The van der Waals surface area contributed by atoms with Crippen LogP contribution in [0.2, 0.25) is 0 Å². The van der Waals surface area contributed by atoms with Gasteiger partial charge >= 0.3 is 0 Å². The molecule has 0 aromatic heterocycles. The van der Waals surface area contributed by atoms with E-state index in [1.54, 1.807) is 11.8 Å². The molecule has 0 radical (unpaired) electrons. The van der Waals surface area contributed by atoms with Gasteiger partial charge in [0.25, 0.3) is 0 Å². The Labute approximate surface area is 110 Å². The highest BCUT2D eigenvalue weighted by Crippen LogP contribution is 2.04. The second-order valence-corrected chi connectivity index (χ2v) is 4.65. The number of nitrogens with two attached hydrogens (primary N) is 1. The number of unbranched alkanes of at least 4 members (excludes halogenated alkanes) is 1. The molecule has 1 atom stereocenters. The lowest BCUT2D eigenvalue weighted by Gasteiger charge is -2.24. The lowest BCUT2D eigenvalue weighted by atomic mass is 10.2. The fourth-order valence-corrected chi connectivity index (χ4v) is 1.87. The van der Waals surface area contributed by atoms with Crippen molar-refractivity contribution < 1.29 is 4.79 Å². The summed E-state index contributed by atoms with van der Waals surface area (Å²) in [5.74, 6) is 1.07. The number of hydrogen-bond donors (Lipinski definition) is 1. The molecule has 0 heterocycles. The molecule has 16 heavy (non-hydrogen) atoms. The lowest BCUT2D eigenvalue weighted by Crippen LogP contribution is -2.44. The van der Waals surface area contributed by atoms with E-state index in [0.29, 0.717) is 0 Å². The number of likely N-dealkylation sites (N-methyl/N-ethyl adjacent to an activating group) is 1. The molecule has 5 heteroatoms. The van der Waals surface area contributed by atoms with Crippen LogP contribution in [0.5, 0.6) is 0 Å². The number of rotatable bonds is 8. The first-order valence-electron chi connectivity index (χ1n) is 5.70. The molecule has 1 amide bonds. The van der Waals surface area contributed by atoms with Gasteiger partial charge in [-0.1, -0.05) is 13.3 Å². The fourth-order valence-electron chi connectivity index (χ4n) is 1.38. The molecular formula is C11H25ClN2OS. The van der Waals surface area contributed by atoms with Crippen LogP contribution in [-0.4, -0.2) is 41.9 Å². The Hall–Kier alpha value is 0.0700. The topological polar surface area (TPSA) is 46.3 Å². The van der Waals surface area contributed by atoms with Crippen molar-refractivity contribution >= 4 is 30.1 Å². The second kappa shape index (κ2) is 11.6. The molecule has 0 aromatic rings. The molecule has 3 nitrogen and oxygen atoms in total. The van der Waals surface area contributed by atoms with E-state index in [1.807, 2.05) is 18.1 Å². The van der Waals surface area contributed by atoms with Gasteiger partial charge in [-0.3, -0.25) is 4.79 Å². The molecule has 2 N–H and O–H groups in total. The highest BCUT2D eigenvalue weighted by atomic mass is 35.5. The normalized spacial score (nSPS) is 11.8. The van der Waals surface area contributed by atoms with Crippen LogP contribution in [0.1, 0.15) is 33.1 Å². The monoisotopic (exact) mass is 268 g/mol. The van der Waals surface area contributed by atoms with Gasteiger partial charge in [0, 0.05) is 13.1 Å². The van der Waals surface area contributed by atoms with E-state index in [1.165, 1.54) is 0 Å². The van der Waals surface area contributed by atoms with Crippen molar-refractivity contribution in [3.63, 3.8) is 0 Å². The van der Waals surface area contributed by atoms with Crippen molar-refractivity contribution in [2.45, 2.75) is 39.2 Å². The van der Waals surface area contributed by atoms with Crippen LogP contribution in [0.25, 0.3) is 0 Å². The molecule has 0 saturated carbocycles. The minimum Gasteiger partial charge on any atom is -0.342 e. The summed E-state index contributed by atoms with van der Waals surface area (Å²) in [6.07, 6.45) is 4.99. The van der Waals surface area contributed by atoms with Gasteiger partial charge in [-0.2, -0.15) is 11.8 Å². The number of carbonyl (C=O) groups is 1. The van der Waals surface area contributed by atoms with E-state index >= 15 is 0 Å². The number of halogens is 1. The van der Waals surface area contributed by atoms with E-state index < -0.39 is 0 Å². The maximum atomic E-state index is 11.9. The standard InChI is InChI=1S/C11H24N2OS.ClH/c1-4-6-8-13(5-2)11(14)10(12)7-9-15-3;/h10H,4-9,12H2,1-3H3;1H/t10-;/m0./s1. The van der Waals surface area contributed by atoms with Gasteiger partial charge < -0.3 is 10.6 Å². The van der Waals surface area contributed by atoms with Crippen LogP contribution < -0.4 is 5.73 Å². The molecular weight excluding hydrogens is 244 g/mol. The first kappa shape index (κ1) is 18.4. The third kappa shape index (κ3) is 7.36. The van der Waals surface area contributed by atoms with E-state index in [4.69, 9.17) is 5.73 Å². The second-order valence-electron chi connectivity index (χ2n) is 3.66. The molecule has 0 aliphatic carbocycles. The third-order valence-corrected chi connectivity index (χ3v) is 3.07. The van der Waals surface area contributed by atoms with E-state index in [9.17, 15) is 4.79 Å². The van der Waals surface area contributed by atoms with Crippen LogP contribution in [0, 0.1) is 0 Å². The highest BCUT2D eigenvalue weighted by Gasteiger charge is 2.18. The Morgan fingerprint density at radius 1 is 1.44 bits per heavy atom. The quantitative estimate of drug-likeness (QED) is 0.734. The molecule has 0 aromatic carbocycles. The van der Waals surface area contributed by atoms with Crippen molar-refractivity contribution in [3.8, 4) is 0 Å². The van der Waals surface area contributed by atoms with Crippen molar-refractivity contribution in [1.82, 2.24) is 4.90 Å². The first-order chi connectivity index (χ1) is 7.17. The van der Waals surface area contributed by atoms with Crippen LogP contribution in [0.3, 0.4) is 0 Å². The van der Waals surface area contributed by atoms with Gasteiger partial charge in [-0.25, -0.2) is 0 Å². The average Bonchev–Trinajstić information content (AvgIpc) is 2.26. The van der Waals surface area contributed by atoms with Gasteiger partial charge in [0.15, 0.2) is 0 Å². The average molecular weight is 269 g/mol. The maximum Gasteiger partial charge on any atom is 0.239 e. The Balaban J connectivity index is 0. The number of nitrogens with zero attached hydrogens (tertiary/aromatic N) is 1. The molecule has 0 aliphatic rings. The predicted octanol–water partition coefficient (Wildman–Crippen LogP) is 2.14. The van der Waals surface area contributed by atoms with Gasteiger partial charge in [-0.15, -0.1) is 12.4 Å². The van der Waals surface area contributed by atoms with Crippen LogP contribution >= 0.6 is 24.2 Å². The summed E-state index contributed by atoms with van der Waals surface area (Å²) in [5, 5.41) is 0. The maximum absolute atomic E-state index is 11.9. The van der Waals surface area contributed by atoms with Gasteiger partial charge in [0.05, 0.1) is 6.04 Å². The van der Waals surface area contributed by atoms with Crippen molar-refractivity contribution in [1.29, 1.82) is 0 Å². The Morgan fingerprint density at radius 3 is 2.50 bits per heavy atom. The molecule has 0 aliphatic heterocycles. The zero-order valence-electron chi connectivity index (χ0n) is 10.6. The molecule has 0 fully saturated rings. The summed E-state index contributed by atoms with van der Waals surface area (Å²) in [4.78, 5) is 13.7. The Kier molecular flexibility index (Phi) is 13.3. The lowest BCUT2D eigenvalue weighted by molar-refractivity contribution is -0.132.